The molecular weight excluding hydrogens is 346 g/mol. The molecule has 0 saturated carbocycles. The van der Waals surface area contributed by atoms with Crippen LogP contribution in [-0.2, 0) is 6.54 Å². The monoisotopic (exact) mass is 369 g/mol. The highest BCUT2D eigenvalue weighted by Crippen LogP contribution is 2.22. The third kappa shape index (κ3) is 4.05. The van der Waals surface area contributed by atoms with Gasteiger partial charge in [0, 0.05) is 41.8 Å². The molecule has 0 radical (unpaired) electrons. The van der Waals surface area contributed by atoms with Gasteiger partial charge in [0.15, 0.2) is 5.16 Å². The Balaban J connectivity index is 1.69. The number of ether oxygens (including phenoxy) is 1. The van der Waals surface area contributed by atoms with Gasteiger partial charge in [0.1, 0.15) is 5.75 Å². The number of rotatable bonds is 7. The second-order valence-corrected chi connectivity index (χ2v) is 6.75. The van der Waals surface area contributed by atoms with Crippen LogP contribution in [0, 0.1) is 6.92 Å². The number of hydrogen-bond donors (Lipinski definition) is 1. The van der Waals surface area contributed by atoms with E-state index in [9.17, 15) is 0 Å². The summed E-state index contributed by atoms with van der Waals surface area (Å²) in [6.07, 6.45) is 7.63. The molecule has 0 unspecified atom stereocenters. The summed E-state index contributed by atoms with van der Waals surface area (Å²) >= 11 is 1.54. The SMILES string of the molecule is COc1ccc(-n2ncc([C@H](C)NCc3cnc(SC)nc3)c2C)cc1. The molecule has 0 aliphatic heterocycles. The Morgan fingerprint density at radius 3 is 2.46 bits per heavy atom. The van der Waals surface area contributed by atoms with Gasteiger partial charge in [-0.25, -0.2) is 14.6 Å². The van der Waals surface area contributed by atoms with Crippen molar-refractivity contribution in [2.24, 2.45) is 0 Å². The number of nitrogens with zero attached hydrogens (tertiary/aromatic N) is 4. The molecule has 0 spiro atoms. The second-order valence-electron chi connectivity index (χ2n) is 5.98. The van der Waals surface area contributed by atoms with E-state index in [0.717, 1.165) is 27.9 Å². The van der Waals surface area contributed by atoms with Crippen molar-refractivity contribution in [3.8, 4) is 11.4 Å². The van der Waals surface area contributed by atoms with E-state index in [1.807, 2.05) is 53.8 Å². The fourth-order valence-electron chi connectivity index (χ4n) is 2.75. The lowest BCUT2D eigenvalue weighted by Gasteiger charge is -2.14. The zero-order chi connectivity index (χ0) is 18.5. The van der Waals surface area contributed by atoms with Gasteiger partial charge in [-0.3, -0.25) is 0 Å². The highest BCUT2D eigenvalue weighted by atomic mass is 32.2. The Bertz CT molecular complexity index is 845. The molecule has 1 aromatic carbocycles. The molecule has 3 rings (SSSR count). The average Bonchev–Trinajstić information content (AvgIpc) is 3.08. The summed E-state index contributed by atoms with van der Waals surface area (Å²) in [7, 11) is 1.67. The van der Waals surface area contributed by atoms with E-state index in [0.29, 0.717) is 6.54 Å². The molecule has 6 nitrogen and oxygen atoms in total. The van der Waals surface area contributed by atoms with Crippen molar-refractivity contribution >= 4 is 11.8 Å². The van der Waals surface area contributed by atoms with Crippen molar-refractivity contribution in [1.82, 2.24) is 25.1 Å². The van der Waals surface area contributed by atoms with Crippen molar-refractivity contribution in [3.05, 3.63) is 59.7 Å². The summed E-state index contributed by atoms with van der Waals surface area (Å²) < 4.78 is 7.16. The number of nitrogens with one attached hydrogen (secondary N) is 1. The highest BCUT2D eigenvalue weighted by Gasteiger charge is 2.14. The number of benzene rings is 1. The van der Waals surface area contributed by atoms with Crippen LogP contribution < -0.4 is 10.1 Å². The maximum Gasteiger partial charge on any atom is 0.187 e. The lowest BCUT2D eigenvalue weighted by atomic mass is 10.1. The van der Waals surface area contributed by atoms with Crippen LogP contribution in [0.1, 0.15) is 29.8 Å². The third-order valence-electron chi connectivity index (χ3n) is 4.31. The van der Waals surface area contributed by atoms with E-state index < -0.39 is 0 Å². The van der Waals surface area contributed by atoms with E-state index in [4.69, 9.17) is 4.74 Å². The molecule has 1 atom stereocenters. The van der Waals surface area contributed by atoms with Crippen LogP contribution in [0.4, 0.5) is 0 Å². The van der Waals surface area contributed by atoms with Crippen molar-refractivity contribution in [1.29, 1.82) is 0 Å². The lowest BCUT2D eigenvalue weighted by Crippen LogP contribution is -2.19. The first-order valence-electron chi connectivity index (χ1n) is 8.39. The fraction of sp³-hybridized carbons (Fsp3) is 0.316. The van der Waals surface area contributed by atoms with Gasteiger partial charge in [-0.1, -0.05) is 11.8 Å². The van der Waals surface area contributed by atoms with Gasteiger partial charge in [0.25, 0.3) is 0 Å². The molecular formula is C19H23N5OS. The standard InChI is InChI=1S/C19H23N5OS/c1-13(20-9-15-10-21-19(26-4)22-11-15)18-12-23-24(14(18)2)16-5-7-17(25-3)8-6-16/h5-8,10-13,20H,9H2,1-4H3/t13-/m0/s1. The normalized spacial score (nSPS) is 12.2. The van der Waals surface area contributed by atoms with Crippen molar-refractivity contribution in [2.75, 3.05) is 13.4 Å². The first-order chi connectivity index (χ1) is 12.6. The molecule has 0 aliphatic rings. The molecule has 0 aliphatic carbocycles. The molecule has 26 heavy (non-hydrogen) atoms. The predicted octanol–water partition coefficient (Wildman–Crippen LogP) is 3.55. The summed E-state index contributed by atoms with van der Waals surface area (Å²) in [6, 6.07) is 8.06. The fourth-order valence-corrected chi connectivity index (χ4v) is 3.07. The van der Waals surface area contributed by atoms with E-state index in [1.165, 1.54) is 5.56 Å². The average molecular weight is 369 g/mol. The molecule has 0 bridgehead atoms. The Morgan fingerprint density at radius 2 is 1.85 bits per heavy atom. The summed E-state index contributed by atoms with van der Waals surface area (Å²) in [5.74, 6) is 0.837. The van der Waals surface area contributed by atoms with Crippen LogP contribution in [0.15, 0.2) is 48.0 Å². The van der Waals surface area contributed by atoms with Crippen molar-refractivity contribution in [3.63, 3.8) is 0 Å². The van der Waals surface area contributed by atoms with Gasteiger partial charge in [0.2, 0.25) is 0 Å². The van der Waals surface area contributed by atoms with E-state index in [2.05, 4.69) is 34.2 Å². The van der Waals surface area contributed by atoms with Crippen LogP contribution in [0.2, 0.25) is 0 Å². The molecule has 1 N–H and O–H groups in total. The second kappa shape index (κ2) is 8.33. The van der Waals surface area contributed by atoms with E-state index in [-0.39, 0.29) is 6.04 Å². The molecule has 0 amide bonds. The van der Waals surface area contributed by atoms with E-state index in [1.54, 1.807) is 18.9 Å². The summed E-state index contributed by atoms with van der Waals surface area (Å²) in [5, 5.41) is 8.86. The lowest BCUT2D eigenvalue weighted by molar-refractivity contribution is 0.414. The maximum atomic E-state index is 5.22. The Hall–Kier alpha value is -2.38. The van der Waals surface area contributed by atoms with Gasteiger partial charge in [-0.2, -0.15) is 5.10 Å². The minimum absolute atomic E-state index is 0.169. The maximum absolute atomic E-state index is 5.22. The molecule has 0 saturated heterocycles. The largest absolute Gasteiger partial charge is 0.497 e. The third-order valence-corrected chi connectivity index (χ3v) is 4.88. The summed E-state index contributed by atoms with van der Waals surface area (Å²) in [5.41, 5.74) is 4.37. The van der Waals surface area contributed by atoms with Crippen LogP contribution in [0.25, 0.3) is 5.69 Å². The predicted molar refractivity (Wildman–Crippen MR) is 104 cm³/mol. The Labute approximate surface area is 158 Å². The molecule has 2 aromatic heterocycles. The first kappa shape index (κ1) is 18.4. The highest BCUT2D eigenvalue weighted by molar-refractivity contribution is 7.98. The van der Waals surface area contributed by atoms with E-state index >= 15 is 0 Å². The number of aromatic nitrogens is 4. The molecule has 3 aromatic rings. The zero-order valence-electron chi connectivity index (χ0n) is 15.4. The molecule has 2 heterocycles. The Morgan fingerprint density at radius 1 is 1.15 bits per heavy atom. The molecule has 136 valence electrons. The van der Waals surface area contributed by atoms with Gasteiger partial charge < -0.3 is 10.1 Å². The van der Waals surface area contributed by atoms with Gasteiger partial charge in [-0.15, -0.1) is 0 Å². The van der Waals surface area contributed by atoms with Gasteiger partial charge >= 0.3 is 0 Å². The minimum Gasteiger partial charge on any atom is -0.497 e. The molecule has 7 heteroatoms. The smallest absolute Gasteiger partial charge is 0.187 e. The number of hydrogen-bond acceptors (Lipinski definition) is 6. The zero-order valence-corrected chi connectivity index (χ0v) is 16.2. The van der Waals surface area contributed by atoms with Crippen molar-refractivity contribution < 1.29 is 4.74 Å². The quantitative estimate of drug-likeness (QED) is 0.507. The number of methoxy groups -OCH3 is 1. The summed E-state index contributed by atoms with van der Waals surface area (Å²) in [6.45, 7) is 4.93. The van der Waals surface area contributed by atoms with Gasteiger partial charge in [-0.05, 0) is 44.4 Å². The molecule has 0 fully saturated rings. The van der Waals surface area contributed by atoms with Crippen LogP contribution in [0.5, 0.6) is 5.75 Å². The topological polar surface area (TPSA) is 64.9 Å². The summed E-state index contributed by atoms with van der Waals surface area (Å²) in [4.78, 5) is 8.62. The van der Waals surface area contributed by atoms with Gasteiger partial charge in [0.05, 0.1) is 19.0 Å². The first-order valence-corrected chi connectivity index (χ1v) is 9.62. The van der Waals surface area contributed by atoms with Crippen LogP contribution in [0.3, 0.4) is 0 Å². The Kier molecular flexibility index (Phi) is 5.90. The number of thioether (sulfide) groups is 1. The van der Waals surface area contributed by atoms with Crippen LogP contribution >= 0.6 is 11.8 Å². The van der Waals surface area contributed by atoms with Crippen LogP contribution in [-0.4, -0.2) is 33.1 Å². The van der Waals surface area contributed by atoms with Crippen molar-refractivity contribution in [2.45, 2.75) is 31.6 Å². The minimum atomic E-state index is 0.169.